The lowest BCUT2D eigenvalue weighted by molar-refractivity contribution is 0.102. The second kappa shape index (κ2) is 8.38. The smallest absolute Gasteiger partial charge is 0.298 e. The summed E-state index contributed by atoms with van der Waals surface area (Å²) in [6, 6.07) is 12.4. The van der Waals surface area contributed by atoms with Crippen LogP contribution in [-0.4, -0.2) is 25.1 Å². The zero-order valence-corrected chi connectivity index (χ0v) is 17.2. The quantitative estimate of drug-likeness (QED) is 0.578. The monoisotopic (exact) mass is 436 g/mol. The first-order valence-corrected chi connectivity index (χ1v) is 11.1. The van der Waals surface area contributed by atoms with Crippen LogP contribution in [0.2, 0.25) is 0 Å². The van der Waals surface area contributed by atoms with Gasteiger partial charge in [-0.1, -0.05) is 38.1 Å². The number of nitrogens with one attached hydrogen (secondary N) is 1. The van der Waals surface area contributed by atoms with Gasteiger partial charge >= 0.3 is 5.76 Å². The molecule has 2 aromatic carbocycles. The number of halogens is 2. The Kier molecular flexibility index (Phi) is 6.09. The maximum absolute atomic E-state index is 12.6. The van der Waals surface area contributed by atoms with Gasteiger partial charge in [-0.05, 0) is 35.7 Å². The first-order chi connectivity index (χ1) is 13.7. The van der Waals surface area contributed by atoms with E-state index in [0.29, 0.717) is 11.0 Å². The number of anilines is 1. The van der Waals surface area contributed by atoms with E-state index in [1.807, 2.05) is 29.6 Å². The summed E-state index contributed by atoms with van der Waals surface area (Å²) in [4.78, 5) is 16.2. The molecule has 0 aliphatic rings. The number of alkyl halides is 2. The average molecular weight is 437 g/mol. The lowest BCUT2D eigenvalue weighted by atomic mass is 10.0. The molecule has 3 aromatic rings. The van der Waals surface area contributed by atoms with Crippen molar-refractivity contribution in [3.05, 3.63) is 65.0 Å². The number of hydrogen-bond donors (Lipinski definition) is 1. The Labute approximate surface area is 171 Å². The Balaban J connectivity index is 1.72. The zero-order valence-electron chi connectivity index (χ0n) is 15.6. The molecule has 0 fully saturated rings. The minimum atomic E-state index is -4.69. The van der Waals surface area contributed by atoms with Crippen LogP contribution in [0.5, 0.6) is 0 Å². The van der Waals surface area contributed by atoms with E-state index < -0.39 is 26.4 Å². The summed E-state index contributed by atoms with van der Waals surface area (Å²) in [5.41, 5.74) is 3.00. The SMILES string of the molecule is CC(C)c1ccc(-c2csc(NC(=O)c3ccc(S(=O)(=O)C(F)F)cc3)n2)cc1. The third-order valence-corrected chi connectivity index (χ3v) is 6.43. The third-order valence-electron chi connectivity index (χ3n) is 4.28. The fourth-order valence-electron chi connectivity index (χ4n) is 2.57. The maximum Gasteiger partial charge on any atom is 0.341 e. The predicted molar refractivity (Wildman–Crippen MR) is 109 cm³/mol. The van der Waals surface area contributed by atoms with E-state index in [0.717, 1.165) is 23.4 Å². The lowest BCUT2D eigenvalue weighted by Crippen LogP contribution is -2.14. The molecule has 3 rings (SSSR count). The van der Waals surface area contributed by atoms with Crippen LogP contribution >= 0.6 is 11.3 Å². The molecule has 0 saturated heterocycles. The molecule has 0 atom stereocenters. The van der Waals surface area contributed by atoms with E-state index in [9.17, 15) is 22.0 Å². The standard InChI is InChI=1S/C20H18F2N2O3S2/c1-12(2)13-3-5-14(6-4-13)17-11-28-20(23-17)24-18(25)15-7-9-16(10-8-15)29(26,27)19(21)22/h3-12,19H,1-2H3,(H,23,24,25). The number of carbonyl (C=O) groups excluding carboxylic acids is 1. The first kappa shape index (κ1) is 21.1. The van der Waals surface area contributed by atoms with Crippen molar-refractivity contribution in [2.75, 3.05) is 5.32 Å². The van der Waals surface area contributed by atoms with Crippen molar-refractivity contribution < 1.29 is 22.0 Å². The normalized spacial score (nSPS) is 11.8. The number of hydrogen-bond acceptors (Lipinski definition) is 5. The van der Waals surface area contributed by atoms with Gasteiger partial charge in [0.25, 0.3) is 5.91 Å². The molecule has 152 valence electrons. The molecule has 1 aromatic heterocycles. The van der Waals surface area contributed by atoms with E-state index in [1.54, 1.807) is 0 Å². The second-order valence-electron chi connectivity index (χ2n) is 6.60. The number of benzene rings is 2. The van der Waals surface area contributed by atoms with Gasteiger partial charge in [-0.2, -0.15) is 8.78 Å². The number of rotatable bonds is 6. The fraction of sp³-hybridized carbons (Fsp3) is 0.200. The van der Waals surface area contributed by atoms with Crippen molar-refractivity contribution in [2.45, 2.75) is 30.4 Å². The highest BCUT2D eigenvalue weighted by Gasteiger charge is 2.26. The number of nitrogens with zero attached hydrogens (tertiary/aromatic N) is 1. The number of amides is 1. The highest BCUT2D eigenvalue weighted by molar-refractivity contribution is 7.91. The van der Waals surface area contributed by atoms with Crippen LogP contribution in [0.1, 0.15) is 35.7 Å². The van der Waals surface area contributed by atoms with Crippen LogP contribution in [0.4, 0.5) is 13.9 Å². The van der Waals surface area contributed by atoms with E-state index in [1.165, 1.54) is 29.0 Å². The average Bonchev–Trinajstić information content (AvgIpc) is 3.16. The Morgan fingerprint density at radius 1 is 1.03 bits per heavy atom. The minimum absolute atomic E-state index is 0.135. The molecule has 0 aliphatic heterocycles. The Morgan fingerprint density at radius 2 is 1.66 bits per heavy atom. The van der Waals surface area contributed by atoms with Gasteiger partial charge in [0.1, 0.15) is 0 Å². The Hall–Kier alpha value is -2.65. The first-order valence-electron chi connectivity index (χ1n) is 8.68. The van der Waals surface area contributed by atoms with Crippen molar-refractivity contribution >= 4 is 32.2 Å². The van der Waals surface area contributed by atoms with Gasteiger partial charge in [0.05, 0.1) is 10.6 Å². The molecule has 0 bridgehead atoms. The molecule has 0 spiro atoms. The van der Waals surface area contributed by atoms with Crippen molar-refractivity contribution in [3.8, 4) is 11.3 Å². The topological polar surface area (TPSA) is 76.1 Å². The van der Waals surface area contributed by atoms with Gasteiger partial charge in [-0.25, -0.2) is 13.4 Å². The molecule has 5 nitrogen and oxygen atoms in total. The van der Waals surface area contributed by atoms with E-state index in [4.69, 9.17) is 0 Å². The Bertz CT molecular complexity index is 1110. The highest BCUT2D eigenvalue weighted by atomic mass is 32.2. The van der Waals surface area contributed by atoms with Gasteiger partial charge in [0.2, 0.25) is 9.84 Å². The molecule has 9 heteroatoms. The molecule has 1 heterocycles. The van der Waals surface area contributed by atoms with Crippen molar-refractivity contribution in [1.82, 2.24) is 4.98 Å². The molecule has 0 radical (unpaired) electrons. The molecule has 0 saturated carbocycles. The van der Waals surface area contributed by atoms with Gasteiger partial charge < -0.3 is 0 Å². The summed E-state index contributed by atoms with van der Waals surface area (Å²) in [6.07, 6.45) is 0. The van der Waals surface area contributed by atoms with Crippen molar-refractivity contribution in [2.24, 2.45) is 0 Å². The van der Waals surface area contributed by atoms with Crippen LogP contribution in [-0.2, 0) is 9.84 Å². The van der Waals surface area contributed by atoms with Gasteiger partial charge in [0.15, 0.2) is 5.13 Å². The van der Waals surface area contributed by atoms with Crippen LogP contribution in [0, 0.1) is 0 Å². The van der Waals surface area contributed by atoms with Crippen LogP contribution < -0.4 is 5.32 Å². The Morgan fingerprint density at radius 3 is 2.21 bits per heavy atom. The largest absolute Gasteiger partial charge is 0.341 e. The van der Waals surface area contributed by atoms with E-state index >= 15 is 0 Å². The zero-order chi connectivity index (χ0) is 21.2. The van der Waals surface area contributed by atoms with E-state index in [2.05, 4.69) is 24.1 Å². The van der Waals surface area contributed by atoms with Crippen molar-refractivity contribution in [3.63, 3.8) is 0 Å². The summed E-state index contributed by atoms with van der Waals surface area (Å²) in [5, 5.41) is 4.82. The lowest BCUT2D eigenvalue weighted by Gasteiger charge is -2.06. The fourth-order valence-corrected chi connectivity index (χ4v) is 4.01. The second-order valence-corrected chi connectivity index (χ2v) is 9.37. The summed E-state index contributed by atoms with van der Waals surface area (Å²) < 4.78 is 48.0. The number of thiazole rings is 1. The van der Waals surface area contributed by atoms with Crippen LogP contribution in [0.25, 0.3) is 11.3 Å². The molecule has 0 unspecified atom stereocenters. The highest BCUT2D eigenvalue weighted by Crippen LogP contribution is 2.27. The van der Waals surface area contributed by atoms with Crippen molar-refractivity contribution in [1.29, 1.82) is 0 Å². The maximum atomic E-state index is 12.6. The van der Waals surface area contributed by atoms with Gasteiger partial charge in [-0.15, -0.1) is 11.3 Å². The van der Waals surface area contributed by atoms with Crippen LogP contribution in [0.15, 0.2) is 58.8 Å². The summed E-state index contributed by atoms with van der Waals surface area (Å²) in [6.45, 7) is 4.22. The van der Waals surface area contributed by atoms with Gasteiger partial charge in [0, 0.05) is 16.5 Å². The molecule has 29 heavy (non-hydrogen) atoms. The molecular formula is C20H18F2N2O3S2. The predicted octanol–water partition coefficient (Wildman–Crippen LogP) is 5.18. The minimum Gasteiger partial charge on any atom is -0.298 e. The summed E-state index contributed by atoms with van der Waals surface area (Å²) >= 11 is 1.25. The molecule has 1 amide bonds. The van der Waals surface area contributed by atoms with Gasteiger partial charge in [-0.3, -0.25) is 10.1 Å². The number of sulfone groups is 1. The summed E-state index contributed by atoms with van der Waals surface area (Å²) in [5.74, 6) is -3.59. The number of aromatic nitrogens is 1. The summed E-state index contributed by atoms with van der Waals surface area (Å²) in [7, 11) is -4.69. The molecule has 1 N–H and O–H groups in total. The van der Waals surface area contributed by atoms with E-state index in [-0.39, 0.29) is 5.56 Å². The third kappa shape index (κ3) is 4.68. The molecular weight excluding hydrogens is 418 g/mol. The molecule has 0 aliphatic carbocycles. The van der Waals surface area contributed by atoms with Crippen LogP contribution in [0.3, 0.4) is 0 Å². The number of carbonyl (C=O) groups is 1.